The maximum absolute atomic E-state index is 13.3. The van der Waals surface area contributed by atoms with Crippen molar-refractivity contribution in [2.75, 3.05) is 24.2 Å². The lowest BCUT2D eigenvalue weighted by molar-refractivity contribution is 0.0963. The molecule has 1 aromatic heterocycles. The third-order valence-electron chi connectivity index (χ3n) is 6.77. The van der Waals surface area contributed by atoms with E-state index in [0.29, 0.717) is 50.6 Å². The first-order valence-corrected chi connectivity index (χ1v) is 15.0. The Kier molecular flexibility index (Phi) is 7.73. The number of hydrogen-bond acceptors (Lipinski definition) is 6. The average Bonchev–Trinajstić information content (AvgIpc) is 3.35. The number of primary amides is 1. The number of fused-ring (bicyclic) bond motifs is 1. The van der Waals surface area contributed by atoms with E-state index in [4.69, 9.17) is 14.9 Å². The summed E-state index contributed by atoms with van der Waals surface area (Å²) in [6.07, 6.45) is 1.12. The van der Waals surface area contributed by atoms with Gasteiger partial charge in [-0.15, -0.1) is 0 Å². The molecule has 10 heteroatoms. The van der Waals surface area contributed by atoms with E-state index in [1.54, 1.807) is 67.6 Å². The molecule has 0 bridgehead atoms. The van der Waals surface area contributed by atoms with E-state index in [0.717, 1.165) is 6.26 Å². The fourth-order valence-electron chi connectivity index (χ4n) is 4.85. The molecule has 0 aliphatic carbocycles. The van der Waals surface area contributed by atoms with Gasteiger partial charge in [-0.2, -0.15) is 0 Å². The molecule has 42 heavy (non-hydrogen) atoms. The molecular weight excluding hydrogens is 554 g/mol. The molecule has 0 spiro atoms. The van der Waals surface area contributed by atoms with Crippen molar-refractivity contribution in [3.63, 3.8) is 0 Å². The normalized spacial score (nSPS) is 11.3. The highest BCUT2D eigenvalue weighted by Gasteiger charge is 2.27. The van der Waals surface area contributed by atoms with Crippen molar-refractivity contribution in [1.29, 1.82) is 0 Å². The Labute approximate surface area is 243 Å². The predicted octanol–water partition coefficient (Wildman–Crippen LogP) is 5.80. The molecule has 3 N–H and O–H groups in total. The molecule has 4 aromatic carbocycles. The zero-order valence-corrected chi connectivity index (χ0v) is 24.1. The maximum Gasteiger partial charge on any atom is 0.255 e. The van der Waals surface area contributed by atoms with Crippen LogP contribution in [0.4, 0.5) is 5.69 Å². The first-order valence-electron chi connectivity index (χ1n) is 13.1. The maximum atomic E-state index is 13.3. The number of nitrogens with two attached hydrogens (primary N) is 1. The van der Waals surface area contributed by atoms with Gasteiger partial charge in [0, 0.05) is 41.7 Å². The van der Waals surface area contributed by atoms with Crippen molar-refractivity contribution in [1.82, 2.24) is 5.32 Å². The minimum Gasteiger partial charge on any atom is -0.457 e. The van der Waals surface area contributed by atoms with Crippen LogP contribution >= 0.6 is 0 Å². The van der Waals surface area contributed by atoms with Crippen molar-refractivity contribution in [3.05, 3.63) is 102 Å². The summed E-state index contributed by atoms with van der Waals surface area (Å²) in [5, 5.41) is 3.15. The van der Waals surface area contributed by atoms with Gasteiger partial charge < -0.3 is 20.2 Å². The van der Waals surface area contributed by atoms with Gasteiger partial charge in [0.25, 0.3) is 5.91 Å². The molecule has 0 fully saturated rings. The summed E-state index contributed by atoms with van der Waals surface area (Å²) in [6.45, 7) is 1.86. The number of furan rings is 1. The molecule has 0 aliphatic heterocycles. The smallest absolute Gasteiger partial charge is 0.255 e. The number of nitrogens with zero attached hydrogens (tertiary/aromatic N) is 1. The number of ether oxygens (including phenoxy) is 1. The van der Waals surface area contributed by atoms with Crippen molar-refractivity contribution in [2.24, 2.45) is 5.73 Å². The summed E-state index contributed by atoms with van der Waals surface area (Å²) >= 11 is 0. The molecule has 5 rings (SSSR count). The third kappa shape index (κ3) is 5.57. The van der Waals surface area contributed by atoms with E-state index in [1.807, 2.05) is 30.3 Å². The van der Waals surface area contributed by atoms with Crippen molar-refractivity contribution in [3.8, 4) is 33.9 Å². The summed E-state index contributed by atoms with van der Waals surface area (Å²) in [5.74, 6) is 0.603. The Morgan fingerprint density at radius 1 is 0.905 bits per heavy atom. The first kappa shape index (κ1) is 28.4. The topological polar surface area (TPSA) is 132 Å². The number of carbonyl (C=O) groups is 2. The molecule has 0 aliphatic rings. The van der Waals surface area contributed by atoms with Crippen molar-refractivity contribution < 1.29 is 27.2 Å². The summed E-state index contributed by atoms with van der Waals surface area (Å²) in [6, 6.07) is 26.4. The van der Waals surface area contributed by atoms with Crippen LogP contribution in [0.5, 0.6) is 11.5 Å². The van der Waals surface area contributed by atoms with E-state index in [2.05, 4.69) is 5.32 Å². The Bertz CT molecular complexity index is 1900. The van der Waals surface area contributed by atoms with Gasteiger partial charge in [0.2, 0.25) is 15.9 Å². The number of carbonyl (C=O) groups excluding carboxylic acids is 2. The van der Waals surface area contributed by atoms with Gasteiger partial charge in [-0.1, -0.05) is 30.3 Å². The van der Waals surface area contributed by atoms with Crippen LogP contribution in [-0.4, -0.2) is 40.1 Å². The van der Waals surface area contributed by atoms with Gasteiger partial charge >= 0.3 is 0 Å². The van der Waals surface area contributed by atoms with Gasteiger partial charge in [-0.05, 0) is 67.1 Å². The Balaban J connectivity index is 1.72. The fraction of sp³-hybridized carbons (Fsp3) is 0.125. The van der Waals surface area contributed by atoms with Crippen LogP contribution in [-0.2, 0) is 10.0 Å². The Morgan fingerprint density at radius 2 is 1.60 bits per heavy atom. The lowest BCUT2D eigenvalue weighted by Crippen LogP contribution is -2.30. The van der Waals surface area contributed by atoms with Crippen molar-refractivity contribution in [2.45, 2.75) is 6.92 Å². The van der Waals surface area contributed by atoms with E-state index in [1.165, 1.54) is 11.4 Å². The molecule has 0 saturated carbocycles. The summed E-state index contributed by atoms with van der Waals surface area (Å²) in [5.41, 5.74) is 8.39. The van der Waals surface area contributed by atoms with Crippen LogP contribution < -0.4 is 20.1 Å². The van der Waals surface area contributed by atoms with Gasteiger partial charge in [0.05, 0.1) is 17.5 Å². The lowest BCUT2D eigenvalue weighted by Gasteiger charge is -2.24. The SMILES string of the molecule is CCN(c1cc2oc(-c3ccc(Oc4ccccc4)cc3)c(C(=O)NC)c2cc1-c1cccc(C(N)=O)c1)S(C)(=O)=O. The van der Waals surface area contributed by atoms with E-state index in [9.17, 15) is 18.0 Å². The van der Waals surface area contributed by atoms with E-state index >= 15 is 0 Å². The van der Waals surface area contributed by atoms with Crippen molar-refractivity contribution >= 4 is 38.5 Å². The van der Waals surface area contributed by atoms with Gasteiger partial charge in [-0.25, -0.2) is 8.42 Å². The van der Waals surface area contributed by atoms with Gasteiger partial charge in [-0.3, -0.25) is 13.9 Å². The monoisotopic (exact) mass is 583 g/mol. The van der Waals surface area contributed by atoms with E-state index in [-0.39, 0.29) is 23.6 Å². The van der Waals surface area contributed by atoms with Crippen LogP contribution in [0.15, 0.2) is 95.4 Å². The third-order valence-corrected chi connectivity index (χ3v) is 8.03. The molecule has 5 aromatic rings. The van der Waals surface area contributed by atoms with Crippen LogP contribution in [0.2, 0.25) is 0 Å². The Morgan fingerprint density at radius 3 is 2.21 bits per heavy atom. The van der Waals surface area contributed by atoms with Gasteiger partial charge in [0.15, 0.2) is 0 Å². The molecule has 214 valence electrons. The minimum absolute atomic E-state index is 0.144. The second-order valence-corrected chi connectivity index (χ2v) is 11.5. The highest BCUT2D eigenvalue weighted by molar-refractivity contribution is 7.92. The van der Waals surface area contributed by atoms with Crippen LogP contribution in [0.25, 0.3) is 33.4 Å². The quantitative estimate of drug-likeness (QED) is 0.225. The number of anilines is 1. The second kappa shape index (κ2) is 11.4. The largest absolute Gasteiger partial charge is 0.457 e. The van der Waals surface area contributed by atoms with Gasteiger partial charge in [0.1, 0.15) is 22.8 Å². The highest BCUT2D eigenvalue weighted by atomic mass is 32.2. The molecule has 2 amide bonds. The number of hydrogen-bond donors (Lipinski definition) is 2. The zero-order valence-electron chi connectivity index (χ0n) is 23.2. The molecule has 0 saturated heterocycles. The fourth-order valence-corrected chi connectivity index (χ4v) is 5.82. The zero-order chi connectivity index (χ0) is 30.0. The average molecular weight is 584 g/mol. The summed E-state index contributed by atoms with van der Waals surface area (Å²) in [4.78, 5) is 25.2. The number of rotatable bonds is 9. The lowest BCUT2D eigenvalue weighted by atomic mass is 9.97. The van der Waals surface area contributed by atoms with E-state index < -0.39 is 15.9 Å². The molecule has 0 radical (unpaired) electrons. The standard InChI is InChI=1S/C32H29N3O6S/c1-4-35(42(3,38)39)27-19-28-26(18-25(27)21-9-8-10-22(17-21)31(33)36)29(32(37)34-2)30(41-28)20-13-15-24(16-14-20)40-23-11-6-5-7-12-23/h5-19H,4H2,1-3H3,(H2,33,36)(H,34,37). The number of nitrogens with one attached hydrogen (secondary N) is 1. The number of amides is 2. The van der Waals surface area contributed by atoms with Crippen LogP contribution in [0.1, 0.15) is 27.6 Å². The molecule has 1 heterocycles. The van der Waals surface area contributed by atoms with Crippen LogP contribution in [0.3, 0.4) is 0 Å². The minimum atomic E-state index is -3.69. The summed E-state index contributed by atoms with van der Waals surface area (Å²) in [7, 11) is -2.17. The highest BCUT2D eigenvalue weighted by Crippen LogP contribution is 2.42. The van der Waals surface area contributed by atoms with Crippen LogP contribution in [0, 0.1) is 0 Å². The molecular formula is C32H29N3O6S. The number of sulfonamides is 1. The second-order valence-electron chi connectivity index (χ2n) is 9.56. The Hall–Kier alpha value is -5.09. The number of para-hydroxylation sites is 1. The summed E-state index contributed by atoms with van der Waals surface area (Å²) < 4.78 is 39.0. The molecule has 0 unspecified atom stereocenters. The molecule has 0 atom stereocenters. The number of benzene rings is 4. The first-order chi connectivity index (χ1) is 20.1. The molecule has 9 nitrogen and oxygen atoms in total. The predicted molar refractivity (Wildman–Crippen MR) is 163 cm³/mol.